The number of amides is 1. The Morgan fingerprint density at radius 1 is 1.35 bits per heavy atom. The second-order valence-electron chi connectivity index (χ2n) is 4.49. The molecule has 1 aliphatic heterocycles. The largest absolute Gasteiger partial charge is 0.306 e. The van der Waals surface area contributed by atoms with Gasteiger partial charge in [0.15, 0.2) is 0 Å². The summed E-state index contributed by atoms with van der Waals surface area (Å²) in [6, 6.07) is -0.153. The summed E-state index contributed by atoms with van der Waals surface area (Å²) in [6.45, 7) is 6.62. The summed E-state index contributed by atoms with van der Waals surface area (Å²) in [5.41, 5.74) is 1.55. The average molecular weight is 235 g/mol. The van der Waals surface area contributed by atoms with Crippen molar-refractivity contribution in [1.29, 1.82) is 0 Å². The number of carbonyl (C=O) groups is 1. The fourth-order valence-electron chi connectivity index (χ4n) is 1.88. The van der Waals surface area contributed by atoms with Crippen molar-refractivity contribution in [3.8, 4) is 0 Å². The highest BCUT2D eigenvalue weighted by molar-refractivity contribution is 5.93. The van der Waals surface area contributed by atoms with Crippen LogP contribution in [0.2, 0.25) is 0 Å². The quantitative estimate of drug-likeness (QED) is 0.776. The van der Waals surface area contributed by atoms with Crippen LogP contribution in [-0.2, 0) is 4.79 Å². The molecule has 6 heteroatoms. The molecule has 2 atom stereocenters. The molecular formula is C11H17N5O. The molecule has 1 aromatic rings. The highest BCUT2D eigenvalue weighted by Crippen LogP contribution is 2.15. The van der Waals surface area contributed by atoms with Crippen molar-refractivity contribution in [2.45, 2.75) is 33.2 Å². The van der Waals surface area contributed by atoms with Crippen molar-refractivity contribution in [2.75, 3.05) is 11.9 Å². The van der Waals surface area contributed by atoms with Gasteiger partial charge in [0.2, 0.25) is 11.9 Å². The number of hydrogen-bond donors (Lipinski definition) is 2. The van der Waals surface area contributed by atoms with Crippen LogP contribution in [0.1, 0.15) is 24.7 Å². The summed E-state index contributed by atoms with van der Waals surface area (Å²) in [5.74, 6) is 0.536. The van der Waals surface area contributed by atoms with E-state index in [0.717, 1.165) is 24.4 Å². The molecule has 2 heterocycles. The van der Waals surface area contributed by atoms with Crippen molar-refractivity contribution < 1.29 is 4.79 Å². The van der Waals surface area contributed by atoms with Gasteiger partial charge in [0, 0.05) is 0 Å². The number of anilines is 1. The van der Waals surface area contributed by atoms with E-state index in [9.17, 15) is 4.79 Å². The number of nitrogens with zero attached hydrogens (tertiary/aromatic N) is 3. The molecule has 1 amide bonds. The monoisotopic (exact) mass is 235 g/mol. The lowest BCUT2D eigenvalue weighted by atomic mass is 10.0. The van der Waals surface area contributed by atoms with Crippen molar-refractivity contribution in [2.24, 2.45) is 5.92 Å². The molecule has 2 rings (SSSR count). The Kier molecular flexibility index (Phi) is 3.33. The summed E-state index contributed by atoms with van der Waals surface area (Å²) >= 11 is 0. The second kappa shape index (κ2) is 4.75. The Labute approximate surface area is 100 Å². The SMILES string of the molecule is Cc1nnc(NC(=O)C2NCCC2C)nc1C. The van der Waals surface area contributed by atoms with Gasteiger partial charge in [-0.05, 0) is 32.7 Å². The van der Waals surface area contributed by atoms with Crippen LogP contribution in [0.25, 0.3) is 0 Å². The normalized spacial score (nSPS) is 23.7. The molecule has 1 aromatic heterocycles. The Bertz CT molecular complexity index is 434. The molecule has 1 saturated heterocycles. The molecule has 6 nitrogen and oxygen atoms in total. The first-order valence-electron chi connectivity index (χ1n) is 5.80. The fourth-order valence-corrected chi connectivity index (χ4v) is 1.88. The van der Waals surface area contributed by atoms with Gasteiger partial charge >= 0.3 is 0 Å². The number of carbonyl (C=O) groups excluding carboxylic acids is 1. The summed E-state index contributed by atoms with van der Waals surface area (Å²) in [7, 11) is 0. The van der Waals surface area contributed by atoms with Crippen LogP contribution in [0.5, 0.6) is 0 Å². The van der Waals surface area contributed by atoms with E-state index >= 15 is 0 Å². The predicted molar refractivity (Wildman–Crippen MR) is 63.5 cm³/mol. The van der Waals surface area contributed by atoms with Gasteiger partial charge in [0.25, 0.3) is 0 Å². The Hall–Kier alpha value is -1.56. The zero-order chi connectivity index (χ0) is 12.4. The molecule has 0 saturated carbocycles. The summed E-state index contributed by atoms with van der Waals surface area (Å²) < 4.78 is 0. The van der Waals surface area contributed by atoms with Crippen LogP contribution in [0.4, 0.5) is 5.95 Å². The molecule has 2 unspecified atom stereocenters. The maximum absolute atomic E-state index is 11.9. The highest BCUT2D eigenvalue weighted by atomic mass is 16.2. The Morgan fingerprint density at radius 2 is 2.12 bits per heavy atom. The maximum atomic E-state index is 11.9. The minimum absolute atomic E-state index is 0.0833. The summed E-state index contributed by atoms with van der Waals surface area (Å²) in [5, 5.41) is 13.6. The minimum atomic E-state index is -0.153. The zero-order valence-corrected chi connectivity index (χ0v) is 10.3. The highest BCUT2D eigenvalue weighted by Gasteiger charge is 2.29. The zero-order valence-electron chi connectivity index (χ0n) is 10.3. The number of rotatable bonds is 2. The van der Waals surface area contributed by atoms with E-state index in [1.165, 1.54) is 0 Å². The molecule has 92 valence electrons. The van der Waals surface area contributed by atoms with E-state index < -0.39 is 0 Å². The van der Waals surface area contributed by atoms with Gasteiger partial charge in [-0.3, -0.25) is 10.1 Å². The molecule has 0 aliphatic carbocycles. The van der Waals surface area contributed by atoms with Crippen LogP contribution >= 0.6 is 0 Å². The van der Waals surface area contributed by atoms with Gasteiger partial charge in [-0.2, -0.15) is 5.10 Å². The number of nitrogens with one attached hydrogen (secondary N) is 2. The third kappa shape index (κ3) is 2.58. The summed E-state index contributed by atoms with van der Waals surface area (Å²) in [6.07, 6.45) is 1.02. The first kappa shape index (κ1) is 11.9. The number of hydrogen-bond acceptors (Lipinski definition) is 5. The lowest BCUT2D eigenvalue weighted by Crippen LogP contribution is -2.39. The topological polar surface area (TPSA) is 79.8 Å². The third-order valence-corrected chi connectivity index (χ3v) is 3.14. The van der Waals surface area contributed by atoms with Crippen LogP contribution in [-0.4, -0.2) is 33.7 Å². The lowest BCUT2D eigenvalue weighted by Gasteiger charge is -2.14. The van der Waals surface area contributed by atoms with Crippen LogP contribution < -0.4 is 10.6 Å². The molecular weight excluding hydrogens is 218 g/mol. The van der Waals surface area contributed by atoms with Crippen molar-refractivity contribution >= 4 is 11.9 Å². The molecule has 0 aromatic carbocycles. The first-order chi connectivity index (χ1) is 8.08. The molecule has 1 fully saturated rings. The molecule has 1 aliphatic rings. The molecule has 2 N–H and O–H groups in total. The van der Waals surface area contributed by atoms with Gasteiger partial charge in [0.1, 0.15) is 0 Å². The van der Waals surface area contributed by atoms with Gasteiger partial charge in [0.05, 0.1) is 17.4 Å². The van der Waals surface area contributed by atoms with Crippen LogP contribution in [0.15, 0.2) is 0 Å². The molecule has 0 bridgehead atoms. The maximum Gasteiger partial charge on any atom is 0.249 e. The van der Waals surface area contributed by atoms with Gasteiger partial charge in [-0.25, -0.2) is 4.98 Å². The molecule has 0 radical (unpaired) electrons. The Balaban J connectivity index is 2.05. The molecule has 17 heavy (non-hydrogen) atoms. The van der Waals surface area contributed by atoms with Gasteiger partial charge < -0.3 is 5.32 Å². The van der Waals surface area contributed by atoms with Crippen LogP contribution in [0, 0.1) is 19.8 Å². The van der Waals surface area contributed by atoms with Crippen molar-refractivity contribution in [3.05, 3.63) is 11.4 Å². The van der Waals surface area contributed by atoms with Gasteiger partial charge in [-0.1, -0.05) is 6.92 Å². The van der Waals surface area contributed by atoms with E-state index in [2.05, 4.69) is 32.7 Å². The van der Waals surface area contributed by atoms with E-state index in [4.69, 9.17) is 0 Å². The van der Waals surface area contributed by atoms with E-state index in [-0.39, 0.29) is 17.9 Å². The van der Waals surface area contributed by atoms with Crippen molar-refractivity contribution in [1.82, 2.24) is 20.5 Å². The smallest absolute Gasteiger partial charge is 0.249 e. The van der Waals surface area contributed by atoms with Gasteiger partial charge in [-0.15, -0.1) is 5.10 Å². The van der Waals surface area contributed by atoms with Crippen molar-refractivity contribution in [3.63, 3.8) is 0 Å². The second-order valence-corrected chi connectivity index (χ2v) is 4.49. The third-order valence-electron chi connectivity index (χ3n) is 3.14. The van der Waals surface area contributed by atoms with Crippen LogP contribution in [0.3, 0.4) is 0 Å². The summed E-state index contributed by atoms with van der Waals surface area (Å²) in [4.78, 5) is 16.1. The standard InChI is InChI=1S/C11H17N5O/c1-6-4-5-12-9(6)10(17)14-11-13-7(2)8(3)15-16-11/h6,9,12H,4-5H2,1-3H3,(H,13,14,16,17). The van der Waals surface area contributed by atoms with E-state index in [0.29, 0.717) is 5.92 Å². The first-order valence-corrected chi connectivity index (χ1v) is 5.80. The molecule has 0 spiro atoms. The number of aromatic nitrogens is 3. The minimum Gasteiger partial charge on any atom is -0.306 e. The average Bonchev–Trinajstić information content (AvgIpc) is 2.70. The number of aryl methyl sites for hydroxylation is 2. The predicted octanol–water partition coefficient (Wildman–Crippen LogP) is 0.425. The lowest BCUT2D eigenvalue weighted by molar-refractivity contribution is -0.118. The Morgan fingerprint density at radius 3 is 2.71 bits per heavy atom. The fraction of sp³-hybridized carbons (Fsp3) is 0.636. The van der Waals surface area contributed by atoms with E-state index in [1.54, 1.807) is 0 Å². The van der Waals surface area contributed by atoms with E-state index in [1.807, 2.05) is 13.8 Å².